The first-order valence-electron chi connectivity index (χ1n) is 11.3. The topological polar surface area (TPSA) is 75.5 Å². The molecule has 1 aromatic heterocycles. The number of rotatable bonds is 6. The zero-order valence-corrected chi connectivity index (χ0v) is 21.4. The van der Waals surface area contributed by atoms with Gasteiger partial charge in [0, 0.05) is 13.1 Å². The van der Waals surface area contributed by atoms with Crippen LogP contribution in [0, 0.1) is 12.8 Å². The second kappa shape index (κ2) is 9.36. The summed E-state index contributed by atoms with van der Waals surface area (Å²) in [5.41, 5.74) is 0. The molecule has 2 atom stereocenters. The van der Waals surface area contributed by atoms with E-state index in [-0.39, 0.29) is 11.1 Å². The zero-order valence-electron chi connectivity index (χ0n) is 19.6. The van der Waals surface area contributed by atoms with Crippen molar-refractivity contribution < 1.29 is 14.3 Å². The van der Waals surface area contributed by atoms with Gasteiger partial charge in [0.05, 0.1) is 12.0 Å². The Morgan fingerprint density at radius 3 is 2.06 bits per heavy atom. The molecule has 1 N–H and O–H groups in total. The van der Waals surface area contributed by atoms with Crippen LogP contribution in [0.1, 0.15) is 32.2 Å². The smallest absolute Gasteiger partial charge is 0.308 e. The molecule has 1 aliphatic heterocycles. The summed E-state index contributed by atoms with van der Waals surface area (Å²) in [4.78, 5) is 14.1. The number of hydrogen-bond acceptors (Lipinski definition) is 6. The number of nitrogens with zero attached hydrogens (tertiary/aromatic N) is 3. The average Bonchev–Trinajstić information content (AvgIpc) is 3.24. The van der Waals surface area contributed by atoms with E-state index in [0.29, 0.717) is 19.5 Å². The Labute approximate surface area is 200 Å². The van der Waals surface area contributed by atoms with Crippen molar-refractivity contribution in [2.75, 3.05) is 18.0 Å². The van der Waals surface area contributed by atoms with Crippen LogP contribution in [0.15, 0.2) is 60.7 Å². The van der Waals surface area contributed by atoms with Crippen molar-refractivity contribution in [3.63, 3.8) is 0 Å². The Kier molecular flexibility index (Phi) is 6.70. The number of aromatic nitrogens is 2. The molecule has 0 spiro atoms. The zero-order chi connectivity index (χ0) is 23.6. The van der Waals surface area contributed by atoms with E-state index in [0.717, 1.165) is 10.1 Å². The van der Waals surface area contributed by atoms with Crippen LogP contribution >= 0.6 is 11.3 Å². The summed E-state index contributed by atoms with van der Waals surface area (Å²) in [6.07, 6.45) is 0.240. The van der Waals surface area contributed by atoms with Crippen molar-refractivity contribution in [2.45, 2.75) is 45.3 Å². The maximum atomic E-state index is 12.1. The molecule has 0 unspecified atom stereocenters. The first kappa shape index (κ1) is 23.6. The Bertz CT molecular complexity index is 1050. The Hall–Kier alpha value is -2.55. The number of piperidine rings is 1. The minimum absolute atomic E-state index is 0.171. The standard InChI is InChI=1S/C25H31N3O3SSi/c1-18-26-27-24(32-18)28-16-19(23(29)30)15-20(17-28)31-33(25(2,3)4,21-11-7-5-8-12-21)22-13-9-6-10-14-22/h5-14,19-20H,15-17H2,1-4H3,(H,29,30)/t19-,20+/m1/s1. The number of carboxylic acids is 1. The number of hydrogen-bond donors (Lipinski definition) is 1. The van der Waals surface area contributed by atoms with E-state index in [1.807, 2.05) is 24.0 Å². The second-order valence-corrected chi connectivity index (χ2v) is 15.1. The predicted octanol–water partition coefficient (Wildman–Crippen LogP) is 3.70. The molecule has 2 heterocycles. The third-order valence-electron chi connectivity index (χ3n) is 6.31. The van der Waals surface area contributed by atoms with Crippen LogP contribution in [-0.2, 0) is 9.22 Å². The van der Waals surface area contributed by atoms with E-state index in [1.165, 1.54) is 21.7 Å². The molecular formula is C25H31N3O3SSi. The Balaban J connectivity index is 1.78. The first-order chi connectivity index (χ1) is 15.7. The monoisotopic (exact) mass is 481 g/mol. The van der Waals surface area contributed by atoms with Gasteiger partial charge in [0.1, 0.15) is 5.01 Å². The summed E-state index contributed by atoms with van der Waals surface area (Å²) in [5, 5.41) is 22.2. The average molecular weight is 482 g/mol. The molecule has 1 fully saturated rings. The van der Waals surface area contributed by atoms with Gasteiger partial charge in [0.2, 0.25) is 5.13 Å². The summed E-state index contributed by atoms with van der Waals surface area (Å²) < 4.78 is 7.24. The number of carbonyl (C=O) groups is 1. The van der Waals surface area contributed by atoms with Crippen molar-refractivity contribution >= 4 is 41.1 Å². The minimum Gasteiger partial charge on any atom is -0.481 e. The highest BCUT2D eigenvalue weighted by molar-refractivity contribution is 7.15. The van der Waals surface area contributed by atoms with Crippen LogP contribution in [0.25, 0.3) is 0 Å². The van der Waals surface area contributed by atoms with Crippen LogP contribution < -0.4 is 15.3 Å². The van der Waals surface area contributed by atoms with Gasteiger partial charge >= 0.3 is 5.97 Å². The molecule has 4 rings (SSSR count). The first-order valence-corrected chi connectivity index (χ1v) is 14.0. The van der Waals surface area contributed by atoms with E-state index in [9.17, 15) is 9.90 Å². The van der Waals surface area contributed by atoms with Gasteiger partial charge < -0.3 is 14.4 Å². The van der Waals surface area contributed by atoms with Crippen molar-refractivity contribution in [1.82, 2.24) is 10.2 Å². The largest absolute Gasteiger partial charge is 0.481 e. The summed E-state index contributed by atoms with van der Waals surface area (Å²) in [6, 6.07) is 20.9. The van der Waals surface area contributed by atoms with Gasteiger partial charge in [-0.2, -0.15) is 0 Å². The lowest BCUT2D eigenvalue weighted by Crippen LogP contribution is -2.69. The van der Waals surface area contributed by atoms with Gasteiger partial charge in [0.15, 0.2) is 0 Å². The molecule has 0 radical (unpaired) electrons. The number of benzene rings is 2. The molecule has 0 bridgehead atoms. The van der Waals surface area contributed by atoms with E-state index >= 15 is 0 Å². The summed E-state index contributed by atoms with van der Waals surface area (Å²) >= 11 is 1.49. The maximum Gasteiger partial charge on any atom is 0.308 e. The molecule has 2 aromatic carbocycles. The lowest BCUT2D eigenvalue weighted by atomic mass is 9.96. The molecule has 0 saturated carbocycles. The van der Waals surface area contributed by atoms with Gasteiger partial charge in [-0.25, -0.2) is 0 Å². The summed E-state index contributed by atoms with van der Waals surface area (Å²) in [7, 11) is -2.78. The number of aliphatic carboxylic acids is 1. The van der Waals surface area contributed by atoms with E-state index in [4.69, 9.17) is 4.43 Å². The highest BCUT2D eigenvalue weighted by atomic mass is 32.1. The van der Waals surface area contributed by atoms with E-state index in [1.54, 1.807) is 0 Å². The van der Waals surface area contributed by atoms with Gasteiger partial charge in [-0.05, 0) is 28.8 Å². The summed E-state index contributed by atoms with van der Waals surface area (Å²) in [6.45, 7) is 9.65. The molecule has 174 valence electrons. The van der Waals surface area contributed by atoms with Gasteiger partial charge in [-0.3, -0.25) is 4.79 Å². The third-order valence-corrected chi connectivity index (χ3v) is 12.3. The Morgan fingerprint density at radius 1 is 1.03 bits per heavy atom. The summed E-state index contributed by atoms with van der Waals surface area (Å²) in [5.74, 6) is -1.32. The third kappa shape index (κ3) is 4.73. The molecule has 1 aliphatic rings. The number of anilines is 1. The second-order valence-electron chi connectivity index (χ2n) is 9.68. The molecule has 1 saturated heterocycles. The molecule has 6 nitrogen and oxygen atoms in total. The normalized spacial score (nSPS) is 19.5. The Morgan fingerprint density at radius 2 is 1.61 bits per heavy atom. The van der Waals surface area contributed by atoms with Crippen LogP contribution in [0.4, 0.5) is 5.13 Å². The molecule has 3 aromatic rings. The van der Waals surface area contributed by atoms with Crippen LogP contribution in [0.5, 0.6) is 0 Å². The molecule has 0 aliphatic carbocycles. The molecule has 33 heavy (non-hydrogen) atoms. The lowest BCUT2D eigenvalue weighted by Gasteiger charge is -2.47. The van der Waals surface area contributed by atoms with Crippen molar-refractivity contribution in [3.05, 3.63) is 65.7 Å². The predicted molar refractivity (Wildman–Crippen MR) is 135 cm³/mol. The molecule has 0 amide bonds. The van der Waals surface area contributed by atoms with Crippen molar-refractivity contribution in [3.8, 4) is 0 Å². The maximum absolute atomic E-state index is 12.1. The SMILES string of the molecule is Cc1nnc(N2C[C@@H](O[Si](c3ccccc3)(c3ccccc3)C(C)(C)C)C[C@@H](C(=O)O)C2)s1. The fraction of sp³-hybridized carbons (Fsp3) is 0.400. The minimum atomic E-state index is -2.78. The van der Waals surface area contributed by atoms with Gasteiger partial charge in [-0.15, -0.1) is 10.2 Å². The quantitative estimate of drug-likeness (QED) is 0.541. The molecular weight excluding hydrogens is 450 g/mol. The van der Waals surface area contributed by atoms with Gasteiger partial charge in [0.25, 0.3) is 8.32 Å². The lowest BCUT2D eigenvalue weighted by molar-refractivity contribution is -0.142. The fourth-order valence-electron chi connectivity index (χ4n) is 4.83. The van der Waals surface area contributed by atoms with E-state index < -0.39 is 20.2 Å². The van der Waals surface area contributed by atoms with Crippen molar-refractivity contribution in [2.24, 2.45) is 5.92 Å². The van der Waals surface area contributed by atoms with Crippen LogP contribution in [-0.4, -0.2) is 48.8 Å². The number of aryl methyl sites for hydroxylation is 1. The van der Waals surface area contributed by atoms with Crippen molar-refractivity contribution in [1.29, 1.82) is 0 Å². The van der Waals surface area contributed by atoms with Crippen LogP contribution in [0.2, 0.25) is 5.04 Å². The van der Waals surface area contributed by atoms with E-state index in [2.05, 4.69) is 79.5 Å². The highest BCUT2D eigenvalue weighted by Crippen LogP contribution is 2.39. The van der Waals surface area contributed by atoms with Crippen LogP contribution in [0.3, 0.4) is 0 Å². The molecule has 8 heteroatoms. The van der Waals surface area contributed by atoms with Gasteiger partial charge in [-0.1, -0.05) is 92.8 Å². The number of carboxylic acid groups (broad SMARTS) is 1. The fourth-order valence-corrected chi connectivity index (χ4v) is 10.2. The highest BCUT2D eigenvalue weighted by Gasteiger charge is 2.52.